The Kier molecular flexibility index (Phi) is 13.0. The lowest BCUT2D eigenvalue weighted by molar-refractivity contribution is -0.368. The third-order valence-corrected chi connectivity index (χ3v) is 2.94. The van der Waals surface area contributed by atoms with Crippen molar-refractivity contribution in [3.05, 3.63) is 0 Å². The summed E-state index contributed by atoms with van der Waals surface area (Å²) >= 11 is 0. The van der Waals surface area contributed by atoms with E-state index in [0.717, 1.165) is 19.4 Å². The molecule has 0 aromatic carbocycles. The van der Waals surface area contributed by atoms with Gasteiger partial charge >= 0.3 is 5.97 Å². The van der Waals surface area contributed by atoms with Crippen LogP contribution in [0.4, 0.5) is 0 Å². The average molecular weight is 244 g/mol. The van der Waals surface area contributed by atoms with Gasteiger partial charge in [-0.3, -0.25) is 4.79 Å². The topological polar surface area (TPSA) is 53.9 Å². The van der Waals surface area contributed by atoms with E-state index in [1.807, 2.05) is 6.92 Å². The number of esters is 1. The Labute approximate surface area is 106 Å². The number of carbonyl (C=O) groups is 1. The first-order valence-electron chi connectivity index (χ1n) is 7.26. The molecule has 0 aromatic heterocycles. The fourth-order valence-electron chi connectivity index (χ4n) is 1.92. The Morgan fingerprint density at radius 1 is 0.882 bits per heavy atom. The van der Waals surface area contributed by atoms with Crippen LogP contribution in [0.2, 0.25) is 0 Å². The van der Waals surface area contributed by atoms with Gasteiger partial charge in [-0.1, -0.05) is 38.5 Å². The number of hydrogen-bond donors (Lipinski definition) is 1. The van der Waals surface area contributed by atoms with E-state index in [4.69, 9.17) is 4.74 Å². The molecule has 0 heterocycles. The highest BCUT2D eigenvalue weighted by atomic mass is 16.5. The summed E-state index contributed by atoms with van der Waals surface area (Å²) in [4.78, 5) is 11.1. The van der Waals surface area contributed by atoms with Crippen molar-refractivity contribution in [1.29, 1.82) is 0 Å². The number of rotatable bonds is 12. The average Bonchev–Trinajstić information content (AvgIpc) is 2.32. The van der Waals surface area contributed by atoms with Gasteiger partial charge in [-0.25, -0.2) is 0 Å². The van der Waals surface area contributed by atoms with Crippen molar-refractivity contribution in [2.75, 3.05) is 13.2 Å². The van der Waals surface area contributed by atoms with Crippen LogP contribution in [0.15, 0.2) is 0 Å². The fourth-order valence-corrected chi connectivity index (χ4v) is 1.92. The smallest absolute Gasteiger partial charge is 0.305 e. The summed E-state index contributed by atoms with van der Waals surface area (Å²) < 4.78 is 4.88. The van der Waals surface area contributed by atoms with Crippen LogP contribution in [-0.2, 0) is 9.53 Å². The number of unbranched alkanes of at least 4 members (excludes halogenated alkanes) is 8. The molecule has 0 aromatic rings. The van der Waals surface area contributed by atoms with Crippen LogP contribution in [0.25, 0.3) is 0 Å². The van der Waals surface area contributed by atoms with Gasteiger partial charge < -0.3 is 10.5 Å². The molecule has 0 aliphatic heterocycles. The molecule has 0 unspecified atom stereocenters. The largest absolute Gasteiger partial charge is 0.466 e. The van der Waals surface area contributed by atoms with Crippen molar-refractivity contribution in [1.82, 2.24) is 0 Å². The fraction of sp³-hybridized carbons (Fsp3) is 0.929. The molecule has 0 saturated carbocycles. The molecule has 0 saturated heterocycles. The summed E-state index contributed by atoms with van der Waals surface area (Å²) in [5, 5.41) is 0. The summed E-state index contributed by atoms with van der Waals surface area (Å²) in [5.41, 5.74) is 3.84. The summed E-state index contributed by atoms with van der Waals surface area (Å²) in [5.74, 6) is -0.0410. The molecule has 0 spiro atoms. The van der Waals surface area contributed by atoms with Crippen LogP contribution in [0.3, 0.4) is 0 Å². The second kappa shape index (κ2) is 13.5. The molecule has 3 heteroatoms. The molecule has 0 aliphatic rings. The molecule has 0 bridgehead atoms. The van der Waals surface area contributed by atoms with E-state index in [1.165, 1.54) is 44.9 Å². The van der Waals surface area contributed by atoms with Crippen LogP contribution in [-0.4, -0.2) is 19.1 Å². The number of quaternary nitrogens is 1. The molecule has 0 amide bonds. The van der Waals surface area contributed by atoms with E-state index in [1.54, 1.807) is 0 Å². The van der Waals surface area contributed by atoms with Crippen LogP contribution in [0.5, 0.6) is 0 Å². The molecule has 0 fully saturated rings. The van der Waals surface area contributed by atoms with Crippen molar-refractivity contribution in [3.63, 3.8) is 0 Å². The highest BCUT2D eigenvalue weighted by molar-refractivity contribution is 5.69. The van der Waals surface area contributed by atoms with Crippen molar-refractivity contribution >= 4 is 5.97 Å². The van der Waals surface area contributed by atoms with E-state index in [0.29, 0.717) is 13.0 Å². The zero-order valence-electron chi connectivity index (χ0n) is 11.5. The quantitative estimate of drug-likeness (QED) is 0.424. The van der Waals surface area contributed by atoms with Gasteiger partial charge in [0.2, 0.25) is 0 Å². The maximum absolute atomic E-state index is 11.1. The van der Waals surface area contributed by atoms with Gasteiger partial charge in [0.05, 0.1) is 13.2 Å². The van der Waals surface area contributed by atoms with Gasteiger partial charge in [-0.05, 0) is 26.2 Å². The minimum Gasteiger partial charge on any atom is -0.466 e. The van der Waals surface area contributed by atoms with E-state index in [2.05, 4.69) is 5.73 Å². The zero-order chi connectivity index (χ0) is 12.8. The molecule has 0 rings (SSSR count). The van der Waals surface area contributed by atoms with Gasteiger partial charge in [0, 0.05) is 6.42 Å². The molecule has 0 aliphatic carbocycles. The molecular formula is C14H30NO2+. The zero-order valence-corrected chi connectivity index (χ0v) is 11.5. The SMILES string of the molecule is CCOC(=O)CCCCCCCCCCC[NH3+]. The molecular weight excluding hydrogens is 214 g/mol. The predicted octanol–water partition coefficient (Wildman–Crippen LogP) is 2.69. The van der Waals surface area contributed by atoms with E-state index in [-0.39, 0.29) is 5.97 Å². The molecule has 102 valence electrons. The van der Waals surface area contributed by atoms with Gasteiger partial charge in [0.25, 0.3) is 0 Å². The predicted molar refractivity (Wildman–Crippen MR) is 70.6 cm³/mol. The highest BCUT2D eigenvalue weighted by Crippen LogP contribution is 2.10. The minimum absolute atomic E-state index is 0.0410. The highest BCUT2D eigenvalue weighted by Gasteiger charge is 2.00. The van der Waals surface area contributed by atoms with Crippen molar-refractivity contribution in [3.8, 4) is 0 Å². The van der Waals surface area contributed by atoms with Gasteiger partial charge in [-0.15, -0.1) is 0 Å². The standard InChI is InChI=1S/C14H29NO2/c1-2-17-14(16)12-10-8-6-4-3-5-7-9-11-13-15/h2-13,15H2,1H3/p+1. The lowest BCUT2D eigenvalue weighted by Crippen LogP contribution is -2.50. The third kappa shape index (κ3) is 13.4. The van der Waals surface area contributed by atoms with E-state index >= 15 is 0 Å². The molecule has 0 radical (unpaired) electrons. The first kappa shape index (κ1) is 16.4. The van der Waals surface area contributed by atoms with Crippen molar-refractivity contribution in [2.45, 2.75) is 71.1 Å². The molecule has 17 heavy (non-hydrogen) atoms. The Morgan fingerprint density at radius 2 is 1.35 bits per heavy atom. The van der Waals surface area contributed by atoms with Gasteiger partial charge in [0.15, 0.2) is 0 Å². The van der Waals surface area contributed by atoms with E-state index < -0.39 is 0 Å². The molecule has 3 nitrogen and oxygen atoms in total. The summed E-state index contributed by atoms with van der Waals surface area (Å²) in [6, 6.07) is 0. The second-order valence-corrected chi connectivity index (χ2v) is 4.59. The maximum Gasteiger partial charge on any atom is 0.305 e. The molecule has 3 N–H and O–H groups in total. The Balaban J connectivity index is 3.01. The van der Waals surface area contributed by atoms with Gasteiger partial charge in [0.1, 0.15) is 0 Å². The Bertz CT molecular complexity index is 172. The monoisotopic (exact) mass is 244 g/mol. The van der Waals surface area contributed by atoms with Gasteiger partial charge in [-0.2, -0.15) is 0 Å². The van der Waals surface area contributed by atoms with Crippen molar-refractivity contribution < 1.29 is 15.3 Å². The first-order chi connectivity index (χ1) is 8.31. The first-order valence-corrected chi connectivity index (χ1v) is 7.26. The number of hydrogen-bond acceptors (Lipinski definition) is 2. The van der Waals surface area contributed by atoms with Crippen LogP contribution < -0.4 is 5.73 Å². The maximum atomic E-state index is 11.1. The second-order valence-electron chi connectivity index (χ2n) is 4.59. The minimum atomic E-state index is -0.0410. The number of carbonyl (C=O) groups excluding carboxylic acids is 1. The lowest BCUT2D eigenvalue weighted by Gasteiger charge is -2.02. The summed E-state index contributed by atoms with van der Waals surface area (Å²) in [6.45, 7) is 3.44. The summed E-state index contributed by atoms with van der Waals surface area (Å²) in [7, 11) is 0. The summed E-state index contributed by atoms with van der Waals surface area (Å²) in [6.07, 6.45) is 12.0. The molecule has 0 atom stereocenters. The van der Waals surface area contributed by atoms with E-state index in [9.17, 15) is 4.79 Å². The van der Waals surface area contributed by atoms with Crippen molar-refractivity contribution in [2.24, 2.45) is 0 Å². The third-order valence-electron chi connectivity index (χ3n) is 2.94. The van der Waals surface area contributed by atoms with Crippen LogP contribution in [0.1, 0.15) is 71.1 Å². The number of ether oxygens (including phenoxy) is 1. The normalized spacial score (nSPS) is 10.5. The Hall–Kier alpha value is -0.570. The lowest BCUT2D eigenvalue weighted by atomic mass is 10.1. The van der Waals surface area contributed by atoms with Crippen LogP contribution in [0, 0.1) is 0 Å². The van der Waals surface area contributed by atoms with Crippen LogP contribution >= 0.6 is 0 Å². The Morgan fingerprint density at radius 3 is 1.82 bits per heavy atom.